The number of hydrogen-bond donors (Lipinski definition) is 1. The first-order valence-electron chi connectivity index (χ1n) is 8.56. The molecule has 3 unspecified atom stereocenters. The van der Waals surface area contributed by atoms with Crippen LogP contribution < -0.4 is 5.32 Å². The number of ether oxygens (including phenoxy) is 1. The quantitative estimate of drug-likeness (QED) is 0.839. The van der Waals surface area contributed by atoms with E-state index in [9.17, 15) is 0 Å². The van der Waals surface area contributed by atoms with Crippen molar-refractivity contribution in [1.29, 1.82) is 0 Å². The number of methoxy groups -OCH3 is 1. The molecule has 2 rings (SSSR count). The lowest BCUT2D eigenvalue weighted by Gasteiger charge is -2.48. The summed E-state index contributed by atoms with van der Waals surface area (Å²) in [6.07, 6.45) is 8.20. The molecule has 20 heavy (non-hydrogen) atoms. The van der Waals surface area contributed by atoms with Gasteiger partial charge >= 0.3 is 0 Å². The van der Waals surface area contributed by atoms with Gasteiger partial charge in [0.05, 0.1) is 6.10 Å². The second kappa shape index (κ2) is 7.24. The van der Waals surface area contributed by atoms with E-state index in [1.54, 1.807) is 0 Å². The molecule has 3 nitrogen and oxygen atoms in total. The van der Waals surface area contributed by atoms with Crippen LogP contribution in [0.25, 0.3) is 0 Å². The molecule has 1 heterocycles. The molecule has 3 heteroatoms. The predicted octanol–water partition coefficient (Wildman–Crippen LogP) is 3.04. The molecule has 1 saturated heterocycles. The summed E-state index contributed by atoms with van der Waals surface area (Å²) in [4.78, 5) is 2.71. The third-order valence-corrected chi connectivity index (χ3v) is 5.23. The van der Waals surface area contributed by atoms with Crippen molar-refractivity contribution in [3.63, 3.8) is 0 Å². The maximum atomic E-state index is 5.62. The number of hydrogen-bond acceptors (Lipinski definition) is 3. The molecule has 0 aromatic heterocycles. The van der Waals surface area contributed by atoms with E-state index in [0.29, 0.717) is 23.6 Å². The van der Waals surface area contributed by atoms with E-state index in [4.69, 9.17) is 4.74 Å². The van der Waals surface area contributed by atoms with Gasteiger partial charge < -0.3 is 10.1 Å². The zero-order valence-corrected chi connectivity index (χ0v) is 14.0. The molecular weight excluding hydrogens is 248 g/mol. The van der Waals surface area contributed by atoms with Crippen LogP contribution in [0.15, 0.2) is 0 Å². The minimum absolute atomic E-state index is 0.445. The second-order valence-corrected chi connectivity index (χ2v) is 7.53. The average Bonchev–Trinajstić information content (AvgIpc) is 2.45. The van der Waals surface area contributed by atoms with Gasteiger partial charge in [0.25, 0.3) is 0 Å². The number of likely N-dealkylation sites (tertiary alicyclic amines) is 1. The van der Waals surface area contributed by atoms with E-state index in [2.05, 4.69) is 31.0 Å². The van der Waals surface area contributed by atoms with Crippen LogP contribution in [0.2, 0.25) is 0 Å². The Hall–Kier alpha value is -0.120. The van der Waals surface area contributed by atoms with Gasteiger partial charge in [0.15, 0.2) is 0 Å². The summed E-state index contributed by atoms with van der Waals surface area (Å²) in [5.41, 5.74) is 0.495. The van der Waals surface area contributed by atoms with Gasteiger partial charge in [-0.2, -0.15) is 0 Å². The molecule has 3 atom stereocenters. The number of nitrogens with one attached hydrogen (secondary N) is 1. The molecule has 0 bridgehead atoms. The molecule has 2 fully saturated rings. The van der Waals surface area contributed by atoms with Gasteiger partial charge in [-0.3, -0.25) is 4.90 Å². The lowest BCUT2D eigenvalue weighted by Crippen LogP contribution is -2.57. The molecule has 1 saturated carbocycles. The summed E-state index contributed by atoms with van der Waals surface area (Å²) in [5.74, 6) is 0. The minimum Gasteiger partial charge on any atom is -0.380 e. The van der Waals surface area contributed by atoms with Crippen LogP contribution in [-0.4, -0.2) is 49.8 Å². The van der Waals surface area contributed by atoms with E-state index >= 15 is 0 Å². The molecule has 1 N–H and O–H groups in total. The van der Waals surface area contributed by atoms with Gasteiger partial charge in [0.1, 0.15) is 0 Å². The van der Waals surface area contributed by atoms with Crippen molar-refractivity contribution in [2.24, 2.45) is 5.41 Å². The molecule has 1 aliphatic heterocycles. The maximum absolute atomic E-state index is 5.62. The highest BCUT2D eigenvalue weighted by Crippen LogP contribution is 2.38. The molecule has 0 aromatic rings. The highest BCUT2D eigenvalue weighted by molar-refractivity contribution is 4.96. The van der Waals surface area contributed by atoms with E-state index in [1.165, 1.54) is 45.1 Å². The Kier molecular flexibility index (Phi) is 5.88. The Labute approximate surface area is 125 Å². The number of piperidine rings is 1. The van der Waals surface area contributed by atoms with Crippen LogP contribution in [0.5, 0.6) is 0 Å². The molecule has 0 radical (unpaired) electrons. The molecule has 118 valence electrons. The lowest BCUT2D eigenvalue weighted by atomic mass is 9.72. The summed E-state index contributed by atoms with van der Waals surface area (Å²) < 4.78 is 5.62. The van der Waals surface area contributed by atoms with Crippen LogP contribution in [0.3, 0.4) is 0 Å². The number of rotatable bonds is 5. The fraction of sp³-hybridized carbons (Fsp3) is 1.00. The van der Waals surface area contributed by atoms with Crippen molar-refractivity contribution >= 4 is 0 Å². The Bertz CT molecular complexity index is 293. The summed E-state index contributed by atoms with van der Waals surface area (Å²) in [5, 5.41) is 3.81. The molecule has 1 aliphatic carbocycles. The zero-order valence-electron chi connectivity index (χ0n) is 14.0. The first-order valence-corrected chi connectivity index (χ1v) is 8.56. The van der Waals surface area contributed by atoms with Crippen molar-refractivity contribution in [2.45, 2.75) is 77.5 Å². The third kappa shape index (κ3) is 4.19. The fourth-order valence-corrected chi connectivity index (χ4v) is 3.96. The summed E-state index contributed by atoms with van der Waals surface area (Å²) in [6, 6.07) is 1.38. The fourth-order valence-electron chi connectivity index (χ4n) is 3.96. The topological polar surface area (TPSA) is 24.5 Å². The summed E-state index contributed by atoms with van der Waals surface area (Å²) >= 11 is 0. The van der Waals surface area contributed by atoms with Gasteiger partial charge in [-0.05, 0) is 57.0 Å². The van der Waals surface area contributed by atoms with Gasteiger partial charge in [-0.15, -0.1) is 0 Å². The van der Waals surface area contributed by atoms with Crippen molar-refractivity contribution in [3.8, 4) is 0 Å². The third-order valence-electron chi connectivity index (χ3n) is 5.23. The maximum Gasteiger partial charge on any atom is 0.0698 e. The largest absolute Gasteiger partial charge is 0.380 e. The molecule has 2 aliphatic rings. The van der Waals surface area contributed by atoms with Crippen LogP contribution in [-0.2, 0) is 4.74 Å². The predicted molar refractivity (Wildman–Crippen MR) is 85.1 cm³/mol. The van der Waals surface area contributed by atoms with Crippen LogP contribution >= 0.6 is 0 Å². The Morgan fingerprint density at radius 2 is 2.10 bits per heavy atom. The Morgan fingerprint density at radius 1 is 1.30 bits per heavy atom. The first kappa shape index (κ1) is 16.3. The SMILES string of the molecule is CCCNC1CCC(C)(C)CC1N1CCCC(OC)C1. The van der Waals surface area contributed by atoms with E-state index in [0.717, 1.165) is 13.1 Å². The highest BCUT2D eigenvalue weighted by atomic mass is 16.5. The van der Waals surface area contributed by atoms with Crippen molar-refractivity contribution in [1.82, 2.24) is 10.2 Å². The van der Waals surface area contributed by atoms with Crippen LogP contribution in [0.1, 0.15) is 59.3 Å². The van der Waals surface area contributed by atoms with Crippen LogP contribution in [0, 0.1) is 5.41 Å². The molecular formula is C17H34N2O. The van der Waals surface area contributed by atoms with E-state index in [1.807, 2.05) is 7.11 Å². The highest BCUT2D eigenvalue weighted by Gasteiger charge is 2.39. The lowest BCUT2D eigenvalue weighted by molar-refractivity contribution is -0.0146. The molecule has 0 aromatic carbocycles. The smallest absolute Gasteiger partial charge is 0.0698 e. The van der Waals surface area contributed by atoms with Gasteiger partial charge in [0.2, 0.25) is 0 Å². The Morgan fingerprint density at radius 3 is 2.80 bits per heavy atom. The second-order valence-electron chi connectivity index (χ2n) is 7.53. The van der Waals surface area contributed by atoms with E-state index in [-0.39, 0.29) is 0 Å². The van der Waals surface area contributed by atoms with Gasteiger partial charge in [-0.25, -0.2) is 0 Å². The first-order chi connectivity index (χ1) is 9.55. The van der Waals surface area contributed by atoms with Crippen molar-refractivity contribution in [3.05, 3.63) is 0 Å². The van der Waals surface area contributed by atoms with Gasteiger partial charge in [-0.1, -0.05) is 20.8 Å². The minimum atomic E-state index is 0.445. The zero-order chi connectivity index (χ0) is 14.6. The standard InChI is InChI=1S/C17H34N2O/c1-5-10-18-15-8-9-17(2,3)12-16(15)19-11-6-7-14(13-19)20-4/h14-16,18H,5-13H2,1-4H3. The summed E-state index contributed by atoms with van der Waals surface area (Å²) in [7, 11) is 1.87. The monoisotopic (exact) mass is 282 g/mol. The normalized spacial score (nSPS) is 35.1. The van der Waals surface area contributed by atoms with Gasteiger partial charge in [0, 0.05) is 25.7 Å². The molecule has 0 spiro atoms. The van der Waals surface area contributed by atoms with Crippen LogP contribution in [0.4, 0.5) is 0 Å². The Balaban J connectivity index is 2.01. The van der Waals surface area contributed by atoms with E-state index < -0.39 is 0 Å². The average molecular weight is 282 g/mol. The van der Waals surface area contributed by atoms with Crippen molar-refractivity contribution < 1.29 is 4.74 Å². The van der Waals surface area contributed by atoms with Crippen molar-refractivity contribution in [2.75, 3.05) is 26.7 Å². The number of nitrogens with zero attached hydrogens (tertiary/aromatic N) is 1. The molecule has 0 amide bonds. The summed E-state index contributed by atoms with van der Waals surface area (Å²) in [6.45, 7) is 10.7.